The third-order valence-corrected chi connectivity index (χ3v) is 5.98. The molecule has 5 heterocycles. The van der Waals surface area contributed by atoms with Gasteiger partial charge in [-0.1, -0.05) is 0 Å². The molecule has 4 aromatic rings. The van der Waals surface area contributed by atoms with E-state index < -0.39 is 11.4 Å². The van der Waals surface area contributed by atoms with Crippen molar-refractivity contribution in [1.29, 1.82) is 0 Å². The number of hydrogen-bond donors (Lipinski definition) is 0. The highest BCUT2D eigenvalue weighted by atomic mass is 19.1. The van der Waals surface area contributed by atoms with Gasteiger partial charge >= 0.3 is 5.63 Å². The summed E-state index contributed by atoms with van der Waals surface area (Å²) in [6.45, 7) is 6.09. The highest BCUT2D eigenvalue weighted by Gasteiger charge is 2.27. The summed E-state index contributed by atoms with van der Waals surface area (Å²) in [6.07, 6.45) is 3.30. The first-order chi connectivity index (χ1) is 14.4. The van der Waals surface area contributed by atoms with Gasteiger partial charge in [0.2, 0.25) is 5.71 Å². The molecule has 1 fully saturated rings. The van der Waals surface area contributed by atoms with Crippen molar-refractivity contribution in [3.05, 3.63) is 59.0 Å². The van der Waals surface area contributed by atoms with Crippen molar-refractivity contribution in [1.82, 2.24) is 19.3 Å². The molecule has 0 unspecified atom stereocenters. The first-order valence-electron chi connectivity index (χ1n) is 9.96. The molecule has 0 radical (unpaired) electrons. The highest BCUT2D eigenvalue weighted by molar-refractivity contribution is 5.80. The molecular formula is C22H22FN5O2. The van der Waals surface area contributed by atoms with Gasteiger partial charge in [0.15, 0.2) is 11.5 Å². The molecule has 4 aromatic heterocycles. The van der Waals surface area contributed by atoms with Crippen LogP contribution in [-0.2, 0) is 0 Å². The van der Waals surface area contributed by atoms with Gasteiger partial charge in [0.05, 0.1) is 11.3 Å². The van der Waals surface area contributed by atoms with Crippen LogP contribution in [0.25, 0.3) is 28.0 Å². The molecule has 30 heavy (non-hydrogen) atoms. The second kappa shape index (κ2) is 6.91. The van der Waals surface area contributed by atoms with Gasteiger partial charge in [-0.05, 0) is 51.2 Å². The van der Waals surface area contributed by atoms with E-state index in [-0.39, 0.29) is 16.9 Å². The van der Waals surface area contributed by atoms with E-state index in [1.54, 1.807) is 28.9 Å². The molecule has 154 valence electrons. The number of likely N-dealkylation sites (N-methyl/N-ethyl adjacent to an activating group) is 1. The summed E-state index contributed by atoms with van der Waals surface area (Å²) in [5, 5.41) is 0.695. The lowest BCUT2D eigenvalue weighted by atomic mass is 10.1. The Morgan fingerprint density at radius 3 is 2.63 bits per heavy atom. The lowest BCUT2D eigenvalue weighted by molar-refractivity contribution is 0.169. The molecule has 7 nitrogen and oxygen atoms in total. The van der Waals surface area contributed by atoms with Crippen LogP contribution in [0.4, 0.5) is 10.2 Å². The van der Waals surface area contributed by atoms with Gasteiger partial charge in [-0.2, -0.15) is 4.98 Å². The van der Waals surface area contributed by atoms with Crippen LogP contribution in [0.5, 0.6) is 0 Å². The van der Waals surface area contributed by atoms with Crippen LogP contribution in [0.2, 0.25) is 0 Å². The molecular weight excluding hydrogens is 385 g/mol. The van der Waals surface area contributed by atoms with Crippen LogP contribution in [0.3, 0.4) is 0 Å². The SMILES string of the molecule is C[C@@H]1CN(c2ccc3cc(-c4cn5cccc(F)c5n4)c(=O)oc3n2)C[C@H](C)N1C. The average Bonchev–Trinajstić information content (AvgIpc) is 3.16. The van der Waals surface area contributed by atoms with Crippen molar-refractivity contribution >= 4 is 22.6 Å². The number of aromatic nitrogens is 3. The highest BCUT2D eigenvalue weighted by Crippen LogP contribution is 2.25. The third-order valence-electron chi connectivity index (χ3n) is 5.98. The maximum Gasteiger partial charge on any atom is 0.347 e. The Bertz CT molecular complexity index is 1300. The van der Waals surface area contributed by atoms with Gasteiger partial charge in [0.25, 0.3) is 0 Å². The minimum Gasteiger partial charge on any atom is -0.403 e. The summed E-state index contributed by atoms with van der Waals surface area (Å²) in [5.74, 6) is 0.343. The molecule has 0 spiro atoms. The third kappa shape index (κ3) is 3.04. The Labute approximate surface area is 172 Å². The smallest absolute Gasteiger partial charge is 0.347 e. The number of piperazine rings is 1. The summed E-state index contributed by atoms with van der Waals surface area (Å²) in [4.78, 5) is 26.1. The van der Waals surface area contributed by atoms with E-state index in [0.717, 1.165) is 18.9 Å². The Morgan fingerprint density at radius 1 is 1.13 bits per heavy atom. The molecule has 1 aliphatic heterocycles. The molecule has 1 saturated heterocycles. The van der Waals surface area contributed by atoms with E-state index in [1.807, 2.05) is 12.1 Å². The predicted molar refractivity (Wildman–Crippen MR) is 113 cm³/mol. The molecule has 0 amide bonds. The number of fused-ring (bicyclic) bond motifs is 2. The second-order valence-electron chi connectivity index (χ2n) is 7.99. The van der Waals surface area contributed by atoms with Gasteiger partial charge in [0.1, 0.15) is 5.82 Å². The molecule has 2 atom stereocenters. The quantitative estimate of drug-likeness (QED) is 0.509. The fourth-order valence-electron chi connectivity index (χ4n) is 4.04. The topological polar surface area (TPSA) is 66.9 Å². The van der Waals surface area contributed by atoms with Crippen molar-refractivity contribution in [2.75, 3.05) is 25.0 Å². The lowest BCUT2D eigenvalue weighted by Gasteiger charge is -2.42. The number of rotatable bonds is 2. The van der Waals surface area contributed by atoms with E-state index in [2.05, 4.69) is 40.7 Å². The summed E-state index contributed by atoms with van der Waals surface area (Å²) in [7, 11) is 2.13. The zero-order valence-electron chi connectivity index (χ0n) is 17.0. The van der Waals surface area contributed by atoms with Crippen LogP contribution in [0.1, 0.15) is 13.8 Å². The van der Waals surface area contributed by atoms with Gasteiger partial charge in [0, 0.05) is 43.0 Å². The van der Waals surface area contributed by atoms with Gasteiger partial charge in [-0.3, -0.25) is 4.90 Å². The average molecular weight is 407 g/mol. The molecule has 0 N–H and O–H groups in total. The molecule has 0 bridgehead atoms. The van der Waals surface area contributed by atoms with E-state index in [4.69, 9.17) is 4.42 Å². The van der Waals surface area contributed by atoms with Crippen LogP contribution in [-0.4, -0.2) is 51.5 Å². The monoisotopic (exact) mass is 407 g/mol. The number of anilines is 1. The van der Waals surface area contributed by atoms with E-state index >= 15 is 0 Å². The molecule has 1 aliphatic rings. The first-order valence-corrected chi connectivity index (χ1v) is 9.96. The van der Waals surface area contributed by atoms with E-state index in [1.165, 1.54) is 6.07 Å². The van der Waals surface area contributed by atoms with Crippen molar-refractivity contribution in [2.24, 2.45) is 0 Å². The van der Waals surface area contributed by atoms with Crippen LogP contribution in [0.15, 0.2) is 51.9 Å². The van der Waals surface area contributed by atoms with Gasteiger partial charge < -0.3 is 13.7 Å². The largest absolute Gasteiger partial charge is 0.403 e. The Kier molecular flexibility index (Phi) is 4.32. The molecule has 0 aliphatic carbocycles. The van der Waals surface area contributed by atoms with Crippen molar-refractivity contribution in [3.63, 3.8) is 0 Å². The summed E-state index contributed by atoms with van der Waals surface area (Å²) < 4.78 is 21.0. The maximum atomic E-state index is 14.0. The maximum absolute atomic E-state index is 14.0. The van der Waals surface area contributed by atoms with Crippen molar-refractivity contribution in [2.45, 2.75) is 25.9 Å². The lowest BCUT2D eigenvalue weighted by Crippen LogP contribution is -2.55. The number of pyridine rings is 2. The molecule has 0 aromatic carbocycles. The molecule has 5 rings (SSSR count). The second-order valence-corrected chi connectivity index (χ2v) is 7.99. The Morgan fingerprint density at radius 2 is 1.90 bits per heavy atom. The fourth-order valence-corrected chi connectivity index (χ4v) is 4.04. The normalized spacial score (nSPS) is 20.3. The first kappa shape index (κ1) is 18.7. The zero-order valence-corrected chi connectivity index (χ0v) is 17.0. The summed E-state index contributed by atoms with van der Waals surface area (Å²) in [5.41, 5.74) is 0.550. The number of nitrogens with zero attached hydrogens (tertiary/aromatic N) is 5. The number of hydrogen-bond acceptors (Lipinski definition) is 6. The van der Waals surface area contributed by atoms with Crippen LogP contribution in [0, 0.1) is 5.82 Å². The molecule has 8 heteroatoms. The minimum absolute atomic E-state index is 0.166. The van der Waals surface area contributed by atoms with Crippen LogP contribution < -0.4 is 10.5 Å². The van der Waals surface area contributed by atoms with E-state index in [9.17, 15) is 9.18 Å². The number of halogens is 1. The number of imidazole rings is 1. The summed E-state index contributed by atoms with van der Waals surface area (Å²) >= 11 is 0. The predicted octanol–water partition coefficient (Wildman–Crippen LogP) is 3.17. The minimum atomic E-state index is -0.545. The van der Waals surface area contributed by atoms with Crippen LogP contribution >= 0.6 is 0 Å². The van der Waals surface area contributed by atoms with Gasteiger partial charge in [-0.15, -0.1) is 0 Å². The van der Waals surface area contributed by atoms with Gasteiger partial charge in [-0.25, -0.2) is 14.2 Å². The van der Waals surface area contributed by atoms with Crippen molar-refractivity contribution in [3.8, 4) is 11.3 Å². The van der Waals surface area contributed by atoms with E-state index in [0.29, 0.717) is 23.2 Å². The zero-order chi connectivity index (χ0) is 21.0. The Balaban J connectivity index is 1.54. The standard InChI is InChI=1S/C22H22FN5O2/c1-13-10-28(11-14(2)26(13)3)19-7-6-15-9-16(22(29)30-21(15)25-19)18-12-27-8-4-5-17(23)20(27)24-18/h4-9,12-14H,10-11H2,1-3H3/t13-,14+. The summed E-state index contributed by atoms with van der Waals surface area (Å²) in [6, 6.07) is 9.26. The van der Waals surface area contributed by atoms with Crippen molar-refractivity contribution < 1.29 is 8.81 Å². The Hall–Kier alpha value is -3.26. The molecule has 0 saturated carbocycles. The fraction of sp³-hybridized carbons (Fsp3) is 0.318.